The summed E-state index contributed by atoms with van der Waals surface area (Å²) >= 11 is 0. The van der Waals surface area contributed by atoms with E-state index in [0.29, 0.717) is 6.42 Å². The van der Waals surface area contributed by atoms with Crippen LogP contribution in [-0.2, 0) is 19.1 Å². The lowest BCUT2D eigenvalue weighted by Crippen LogP contribution is -2.55. The maximum atomic E-state index is 12.0. The van der Waals surface area contributed by atoms with Crippen molar-refractivity contribution >= 4 is 11.9 Å². The Morgan fingerprint density at radius 1 is 1.19 bits per heavy atom. The zero-order chi connectivity index (χ0) is 11.6. The van der Waals surface area contributed by atoms with Gasteiger partial charge >= 0.3 is 11.9 Å². The SMILES string of the molecule is CC1(C)OC(=O)C2(CC3C#CC2C3)C(=O)O1. The van der Waals surface area contributed by atoms with Gasteiger partial charge in [0.15, 0.2) is 5.41 Å². The molecule has 4 heteroatoms. The lowest BCUT2D eigenvalue weighted by atomic mass is 9.76. The summed E-state index contributed by atoms with van der Waals surface area (Å²) in [6.45, 7) is 3.13. The number of cyclic esters (lactones) is 2. The van der Waals surface area contributed by atoms with E-state index in [-0.39, 0.29) is 11.8 Å². The van der Waals surface area contributed by atoms with E-state index < -0.39 is 23.1 Å². The number of esters is 2. The summed E-state index contributed by atoms with van der Waals surface area (Å²) in [4.78, 5) is 24.1. The van der Waals surface area contributed by atoms with E-state index in [2.05, 4.69) is 11.8 Å². The molecule has 1 heterocycles. The second-order valence-corrected chi connectivity index (χ2v) is 5.13. The van der Waals surface area contributed by atoms with Gasteiger partial charge in [0.2, 0.25) is 0 Å². The average molecular weight is 220 g/mol. The molecular weight excluding hydrogens is 208 g/mol. The molecule has 3 rings (SSSR count). The van der Waals surface area contributed by atoms with Crippen LogP contribution < -0.4 is 0 Å². The molecule has 1 saturated heterocycles. The minimum Gasteiger partial charge on any atom is -0.422 e. The molecule has 2 aliphatic carbocycles. The van der Waals surface area contributed by atoms with Gasteiger partial charge in [-0.05, 0) is 12.8 Å². The molecule has 2 atom stereocenters. The van der Waals surface area contributed by atoms with Crippen molar-refractivity contribution in [2.24, 2.45) is 17.3 Å². The summed E-state index contributed by atoms with van der Waals surface area (Å²) < 4.78 is 10.4. The predicted molar refractivity (Wildman–Crippen MR) is 52.7 cm³/mol. The van der Waals surface area contributed by atoms with Crippen molar-refractivity contribution in [3.8, 4) is 11.8 Å². The number of carbonyl (C=O) groups excluding carboxylic acids is 2. The molecule has 2 fully saturated rings. The van der Waals surface area contributed by atoms with E-state index in [0.717, 1.165) is 6.42 Å². The highest BCUT2D eigenvalue weighted by Crippen LogP contribution is 2.53. The Bertz CT molecular complexity index is 431. The maximum Gasteiger partial charge on any atom is 0.328 e. The number of fused-ring (bicyclic) bond motifs is 3. The first-order chi connectivity index (χ1) is 7.44. The molecule has 1 aliphatic heterocycles. The highest BCUT2D eigenvalue weighted by molar-refractivity contribution is 6.03. The minimum atomic E-state index is -1.14. The van der Waals surface area contributed by atoms with Gasteiger partial charge in [-0.3, -0.25) is 9.59 Å². The number of carbonyl (C=O) groups is 2. The molecular formula is C12H12O4. The van der Waals surface area contributed by atoms with Crippen molar-refractivity contribution in [3.63, 3.8) is 0 Å². The molecule has 1 spiro atoms. The zero-order valence-electron chi connectivity index (χ0n) is 9.20. The number of hydrogen-bond donors (Lipinski definition) is 0. The van der Waals surface area contributed by atoms with Crippen LogP contribution in [0.2, 0.25) is 0 Å². The monoisotopic (exact) mass is 220 g/mol. The summed E-state index contributed by atoms with van der Waals surface area (Å²) in [6, 6.07) is 0. The van der Waals surface area contributed by atoms with Crippen molar-refractivity contribution in [2.75, 3.05) is 0 Å². The Hall–Kier alpha value is -1.50. The lowest BCUT2D eigenvalue weighted by molar-refractivity contribution is -0.252. The molecule has 84 valence electrons. The third-order valence-corrected chi connectivity index (χ3v) is 3.55. The van der Waals surface area contributed by atoms with Crippen LogP contribution in [0.25, 0.3) is 0 Å². The van der Waals surface area contributed by atoms with E-state index >= 15 is 0 Å². The largest absolute Gasteiger partial charge is 0.422 e. The smallest absolute Gasteiger partial charge is 0.328 e. The Kier molecular flexibility index (Phi) is 1.58. The van der Waals surface area contributed by atoms with E-state index in [4.69, 9.17) is 9.47 Å². The first-order valence-electron chi connectivity index (χ1n) is 5.42. The Morgan fingerprint density at radius 2 is 1.81 bits per heavy atom. The van der Waals surface area contributed by atoms with Gasteiger partial charge in [0, 0.05) is 25.7 Å². The topological polar surface area (TPSA) is 52.6 Å². The normalized spacial score (nSPS) is 36.6. The molecule has 3 aliphatic rings. The van der Waals surface area contributed by atoms with Crippen molar-refractivity contribution in [1.82, 2.24) is 0 Å². The molecule has 2 bridgehead atoms. The Labute approximate surface area is 93.3 Å². The highest BCUT2D eigenvalue weighted by atomic mass is 16.7. The molecule has 0 N–H and O–H groups in total. The third-order valence-electron chi connectivity index (χ3n) is 3.55. The molecule has 0 amide bonds. The van der Waals surface area contributed by atoms with Crippen LogP contribution in [-0.4, -0.2) is 17.7 Å². The van der Waals surface area contributed by atoms with Crippen LogP contribution in [0.3, 0.4) is 0 Å². The first-order valence-corrected chi connectivity index (χ1v) is 5.42. The summed E-state index contributed by atoms with van der Waals surface area (Å²) in [6.07, 6.45) is 1.21. The van der Waals surface area contributed by atoms with E-state index in [1.807, 2.05) is 0 Å². The van der Waals surface area contributed by atoms with Gasteiger partial charge in [-0.2, -0.15) is 0 Å². The van der Waals surface area contributed by atoms with Crippen LogP contribution in [0.4, 0.5) is 0 Å². The molecule has 0 aromatic heterocycles. The van der Waals surface area contributed by atoms with Gasteiger partial charge in [-0.1, -0.05) is 11.8 Å². The Balaban J connectivity index is 2.01. The second-order valence-electron chi connectivity index (χ2n) is 5.13. The summed E-state index contributed by atoms with van der Waals surface area (Å²) in [5.41, 5.74) is -1.13. The molecule has 2 unspecified atom stereocenters. The molecule has 0 aromatic carbocycles. The predicted octanol–water partition coefficient (Wildman–Crippen LogP) is 0.852. The van der Waals surface area contributed by atoms with E-state index in [1.165, 1.54) is 0 Å². The summed E-state index contributed by atoms with van der Waals surface area (Å²) in [5.74, 6) is 3.84. The van der Waals surface area contributed by atoms with Crippen LogP contribution in [0.1, 0.15) is 26.7 Å². The van der Waals surface area contributed by atoms with Gasteiger partial charge < -0.3 is 9.47 Å². The number of hydrogen-bond acceptors (Lipinski definition) is 4. The minimum absolute atomic E-state index is 0.145. The van der Waals surface area contributed by atoms with Gasteiger partial charge in [0.25, 0.3) is 5.79 Å². The quantitative estimate of drug-likeness (QED) is 0.345. The fourth-order valence-corrected chi connectivity index (χ4v) is 2.79. The lowest BCUT2D eigenvalue weighted by Gasteiger charge is -2.40. The van der Waals surface area contributed by atoms with E-state index in [1.54, 1.807) is 13.8 Å². The molecule has 1 saturated carbocycles. The number of ether oxygens (including phenoxy) is 2. The van der Waals surface area contributed by atoms with Crippen molar-refractivity contribution in [3.05, 3.63) is 0 Å². The van der Waals surface area contributed by atoms with Crippen LogP contribution in [0, 0.1) is 29.1 Å². The molecule has 4 nitrogen and oxygen atoms in total. The first kappa shape index (κ1) is 9.71. The fourth-order valence-electron chi connectivity index (χ4n) is 2.79. The average Bonchev–Trinajstić information content (AvgIpc) is 2.72. The summed E-state index contributed by atoms with van der Waals surface area (Å²) in [7, 11) is 0. The van der Waals surface area contributed by atoms with Crippen LogP contribution >= 0.6 is 0 Å². The highest BCUT2D eigenvalue weighted by Gasteiger charge is 2.65. The number of rotatable bonds is 0. The molecule has 0 aromatic rings. The second kappa shape index (κ2) is 2.60. The molecule has 0 radical (unpaired) electrons. The zero-order valence-corrected chi connectivity index (χ0v) is 9.20. The van der Waals surface area contributed by atoms with Gasteiger partial charge in [-0.25, -0.2) is 0 Å². The fraction of sp³-hybridized carbons (Fsp3) is 0.667. The maximum absolute atomic E-state index is 12.0. The van der Waals surface area contributed by atoms with Crippen molar-refractivity contribution < 1.29 is 19.1 Å². The van der Waals surface area contributed by atoms with E-state index in [9.17, 15) is 9.59 Å². The summed E-state index contributed by atoms with van der Waals surface area (Å²) in [5, 5.41) is 0. The standard InChI is InChI=1S/C12H12O4/c1-11(2)15-9(13)12(10(14)16-11)6-7-3-4-8(12)5-7/h7-8H,5-6H2,1-2H3. The van der Waals surface area contributed by atoms with Gasteiger partial charge in [0.05, 0.1) is 0 Å². The Morgan fingerprint density at radius 3 is 2.25 bits per heavy atom. The van der Waals surface area contributed by atoms with Gasteiger partial charge in [-0.15, -0.1) is 0 Å². The third kappa shape index (κ3) is 1.01. The van der Waals surface area contributed by atoms with Crippen LogP contribution in [0.5, 0.6) is 0 Å². The molecule has 16 heavy (non-hydrogen) atoms. The van der Waals surface area contributed by atoms with Crippen molar-refractivity contribution in [2.45, 2.75) is 32.5 Å². The van der Waals surface area contributed by atoms with Crippen LogP contribution in [0.15, 0.2) is 0 Å². The van der Waals surface area contributed by atoms with Gasteiger partial charge in [0.1, 0.15) is 0 Å². The van der Waals surface area contributed by atoms with Crippen molar-refractivity contribution in [1.29, 1.82) is 0 Å².